The minimum Gasteiger partial charge on any atom is -0.493 e. The zero-order valence-corrected chi connectivity index (χ0v) is 13.4. The van der Waals surface area contributed by atoms with Crippen LogP contribution >= 0.6 is 0 Å². The van der Waals surface area contributed by atoms with Gasteiger partial charge in [-0.1, -0.05) is 6.07 Å². The molecule has 0 radical (unpaired) electrons. The van der Waals surface area contributed by atoms with E-state index in [4.69, 9.17) is 9.47 Å². The lowest BCUT2D eigenvalue weighted by molar-refractivity contribution is 0.252. The Balaban J connectivity index is 1.86. The highest BCUT2D eigenvalue weighted by Gasteiger charge is 2.07. The molecule has 0 saturated heterocycles. The van der Waals surface area contributed by atoms with Crippen molar-refractivity contribution >= 4 is 11.7 Å². The standard InChI is InChI=1S/C17H18F2N2O3/c1-23-15-4-3-11(7-16(15)24-2)5-6-20-17(22)21-14-9-12(18)8-13(19)10-14/h3-4,7-10H,5-6H2,1-2H3,(H2,20,21,22). The number of carbonyl (C=O) groups excluding carboxylic acids is 1. The van der Waals surface area contributed by atoms with Gasteiger partial charge in [-0.15, -0.1) is 0 Å². The van der Waals surface area contributed by atoms with Crippen molar-refractivity contribution in [3.63, 3.8) is 0 Å². The minimum atomic E-state index is -0.754. The molecular weight excluding hydrogens is 318 g/mol. The van der Waals surface area contributed by atoms with Crippen LogP contribution < -0.4 is 20.1 Å². The fraction of sp³-hybridized carbons (Fsp3) is 0.235. The topological polar surface area (TPSA) is 59.6 Å². The van der Waals surface area contributed by atoms with Gasteiger partial charge in [-0.3, -0.25) is 0 Å². The first kappa shape index (κ1) is 17.5. The molecule has 24 heavy (non-hydrogen) atoms. The van der Waals surface area contributed by atoms with E-state index in [0.29, 0.717) is 24.5 Å². The molecule has 5 nitrogen and oxygen atoms in total. The van der Waals surface area contributed by atoms with Gasteiger partial charge in [0.05, 0.1) is 14.2 Å². The third-order valence-corrected chi connectivity index (χ3v) is 3.27. The zero-order chi connectivity index (χ0) is 17.5. The Hall–Kier alpha value is -2.83. The Morgan fingerprint density at radius 3 is 2.29 bits per heavy atom. The lowest BCUT2D eigenvalue weighted by Crippen LogP contribution is -2.30. The van der Waals surface area contributed by atoms with Crippen molar-refractivity contribution in [2.24, 2.45) is 0 Å². The van der Waals surface area contributed by atoms with Crippen LogP contribution in [0.2, 0.25) is 0 Å². The summed E-state index contributed by atoms with van der Waals surface area (Å²) in [6.07, 6.45) is 0.561. The summed E-state index contributed by atoms with van der Waals surface area (Å²) in [5.74, 6) is -0.277. The molecule has 0 aromatic heterocycles. The second-order valence-electron chi connectivity index (χ2n) is 4.98. The van der Waals surface area contributed by atoms with Crippen LogP contribution in [0.5, 0.6) is 11.5 Å². The van der Waals surface area contributed by atoms with E-state index >= 15 is 0 Å². The van der Waals surface area contributed by atoms with E-state index in [1.807, 2.05) is 12.1 Å². The van der Waals surface area contributed by atoms with Crippen molar-refractivity contribution < 1.29 is 23.0 Å². The Bertz CT molecular complexity index is 703. The summed E-state index contributed by atoms with van der Waals surface area (Å²) < 4.78 is 36.5. The number of methoxy groups -OCH3 is 2. The molecule has 0 unspecified atom stereocenters. The number of carbonyl (C=O) groups is 1. The summed E-state index contributed by atoms with van der Waals surface area (Å²) >= 11 is 0. The molecule has 0 aliphatic heterocycles. The third-order valence-electron chi connectivity index (χ3n) is 3.27. The number of benzene rings is 2. The number of rotatable bonds is 6. The van der Waals surface area contributed by atoms with Gasteiger partial charge in [-0.05, 0) is 36.2 Å². The molecule has 2 rings (SSSR count). The van der Waals surface area contributed by atoms with Gasteiger partial charge in [0, 0.05) is 18.3 Å². The smallest absolute Gasteiger partial charge is 0.319 e. The first-order chi connectivity index (χ1) is 11.5. The van der Waals surface area contributed by atoms with E-state index in [1.165, 1.54) is 0 Å². The van der Waals surface area contributed by atoms with Gasteiger partial charge in [-0.25, -0.2) is 13.6 Å². The van der Waals surface area contributed by atoms with Gasteiger partial charge in [0.2, 0.25) is 0 Å². The molecule has 0 bridgehead atoms. The fourth-order valence-electron chi connectivity index (χ4n) is 2.16. The molecule has 2 aromatic rings. The first-order valence-electron chi connectivity index (χ1n) is 7.23. The lowest BCUT2D eigenvalue weighted by Gasteiger charge is -2.10. The molecule has 128 valence electrons. The summed E-state index contributed by atoms with van der Waals surface area (Å²) in [7, 11) is 3.10. The quantitative estimate of drug-likeness (QED) is 0.850. The SMILES string of the molecule is COc1ccc(CCNC(=O)Nc2cc(F)cc(F)c2)cc1OC. The Labute approximate surface area is 138 Å². The van der Waals surface area contributed by atoms with E-state index in [1.54, 1.807) is 20.3 Å². The van der Waals surface area contributed by atoms with E-state index in [2.05, 4.69) is 10.6 Å². The maximum absolute atomic E-state index is 13.1. The number of urea groups is 1. The van der Waals surface area contributed by atoms with Crippen molar-refractivity contribution in [3.05, 3.63) is 53.6 Å². The van der Waals surface area contributed by atoms with Gasteiger partial charge >= 0.3 is 6.03 Å². The average molecular weight is 336 g/mol. The van der Waals surface area contributed by atoms with Crippen LogP contribution in [0, 0.1) is 11.6 Å². The van der Waals surface area contributed by atoms with Crippen molar-refractivity contribution in [2.75, 3.05) is 26.1 Å². The van der Waals surface area contributed by atoms with Crippen LogP contribution in [-0.4, -0.2) is 26.8 Å². The number of nitrogens with one attached hydrogen (secondary N) is 2. The number of hydrogen-bond donors (Lipinski definition) is 2. The molecule has 2 amide bonds. The monoisotopic (exact) mass is 336 g/mol. The van der Waals surface area contributed by atoms with E-state index < -0.39 is 17.7 Å². The molecule has 7 heteroatoms. The van der Waals surface area contributed by atoms with Gasteiger partial charge in [0.25, 0.3) is 0 Å². The molecule has 2 N–H and O–H groups in total. The number of amides is 2. The van der Waals surface area contributed by atoms with Gasteiger partial charge in [0.15, 0.2) is 11.5 Å². The van der Waals surface area contributed by atoms with E-state index in [0.717, 1.165) is 23.8 Å². The third kappa shape index (κ3) is 4.84. The molecule has 0 aliphatic carbocycles. The summed E-state index contributed by atoms with van der Waals surface area (Å²) in [6, 6.07) is 7.74. The number of anilines is 1. The Morgan fingerprint density at radius 2 is 1.67 bits per heavy atom. The van der Waals surface area contributed by atoms with Crippen LogP contribution in [0.15, 0.2) is 36.4 Å². The van der Waals surface area contributed by atoms with Crippen LogP contribution in [0.25, 0.3) is 0 Å². The number of halogens is 2. The van der Waals surface area contributed by atoms with Crippen LogP contribution in [0.1, 0.15) is 5.56 Å². The molecule has 2 aromatic carbocycles. The summed E-state index contributed by atoms with van der Waals surface area (Å²) in [6.45, 7) is 0.346. The van der Waals surface area contributed by atoms with E-state index in [9.17, 15) is 13.6 Å². The largest absolute Gasteiger partial charge is 0.493 e. The Kier molecular flexibility index (Phi) is 5.95. The predicted molar refractivity (Wildman–Crippen MR) is 86.6 cm³/mol. The summed E-state index contributed by atoms with van der Waals surface area (Å²) in [4.78, 5) is 11.7. The minimum absolute atomic E-state index is 0.0520. The van der Waals surface area contributed by atoms with Crippen molar-refractivity contribution in [1.29, 1.82) is 0 Å². The second-order valence-corrected chi connectivity index (χ2v) is 4.98. The van der Waals surface area contributed by atoms with Crippen LogP contribution in [0.4, 0.5) is 19.3 Å². The highest BCUT2D eigenvalue weighted by molar-refractivity contribution is 5.89. The highest BCUT2D eigenvalue weighted by Crippen LogP contribution is 2.27. The van der Waals surface area contributed by atoms with Crippen molar-refractivity contribution in [2.45, 2.75) is 6.42 Å². The molecule has 0 spiro atoms. The van der Waals surface area contributed by atoms with E-state index in [-0.39, 0.29) is 5.69 Å². The second kappa shape index (κ2) is 8.14. The van der Waals surface area contributed by atoms with Gasteiger partial charge < -0.3 is 20.1 Å². The van der Waals surface area contributed by atoms with Crippen LogP contribution in [-0.2, 0) is 6.42 Å². The highest BCUT2D eigenvalue weighted by atomic mass is 19.1. The summed E-state index contributed by atoms with van der Waals surface area (Å²) in [5, 5.41) is 4.99. The zero-order valence-electron chi connectivity index (χ0n) is 13.4. The molecular formula is C17H18F2N2O3. The Morgan fingerprint density at radius 1 is 1.00 bits per heavy atom. The molecule has 0 atom stereocenters. The maximum Gasteiger partial charge on any atom is 0.319 e. The normalized spacial score (nSPS) is 10.2. The van der Waals surface area contributed by atoms with Gasteiger partial charge in [0.1, 0.15) is 11.6 Å². The molecule has 0 saturated carbocycles. The van der Waals surface area contributed by atoms with Crippen molar-refractivity contribution in [1.82, 2.24) is 5.32 Å². The molecule has 0 aliphatic rings. The van der Waals surface area contributed by atoms with Crippen LogP contribution in [0.3, 0.4) is 0 Å². The first-order valence-corrected chi connectivity index (χ1v) is 7.23. The molecule has 0 fully saturated rings. The van der Waals surface area contributed by atoms with Gasteiger partial charge in [-0.2, -0.15) is 0 Å². The number of ether oxygens (including phenoxy) is 2. The lowest BCUT2D eigenvalue weighted by atomic mass is 10.1. The molecule has 0 heterocycles. The summed E-state index contributed by atoms with van der Waals surface area (Å²) in [5.41, 5.74) is 1.00. The predicted octanol–water partition coefficient (Wildman–Crippen LogP) is 3.35. The fourth-order valence-corrected chi connectivity index (χ4v) is 2.16. The van der Waals surface area contributed by atoms with Crippen molar-refractivity contribution in [3.8, 4) is 11.5 Å². The average Bonchev–Trinajstić information content (AvgIpc) is 2.53. The maximum atomic E-state index is 13.1. The number of hydrogen-bond acceptors (Lipinski definition) is 3.